The molecule has 0 bridgehead atoms. The molecule has 1 fully saturated rings. The van der Waals surface area contributed by atoms with E-state index in [1.54, 1.807) is 0 Å². The molecule has 0 radical (unpaired) electrons. The number of ether oxygens (including phenoxy) is 2. The number of rotatable bonds is 5. The fraction of sp³-hybridized carbons (Fsp3) is 0.368. The quantitative estimate of drug-likeness (QED) is 0.693. The normalized spacial score (nSPS) is 16.4. The van der Waals surface area contributed by atoms with Crippen molar-refractivity contribution in [2.24, 2.45) is 0 Å². The summed E-state index contributed by atoms with van der Waals surface area (Å²) < 4.78 is 88.9. The molecular weight excluding hydrogens is 388 g/mol. The van der Waals surface area contributed by atoms with Crippen molar-refractivity contribution in [3.05, 3.63) is 59.2 Å². The molecule has 1 unspecified atom stereocenters. The molecule has 1 aliphatic rings. The van der Waals surface area contributed by atoms with Crippen LogP contribution in [0.5, 0.6) is 11.5 Å². The molecule has 28 heavy (non-hydrogen) atoms. The maximum Gasteiger partial charge on any atom is 0.416 e. The molecule has 3 rings (SSSR count). The van der Waals surface area contributed by atoms with Crippen molar-refractivity contribution in [2.45, 2.75) is 31.5 Å². The summed E-state index contributed by atoms with van der Waals surface area (Å²) >= 11 is 0. The molecular formula is C19H17F6NO2. The monoisotopic (exact) mass is 405 g/mol. The van der Waals surface area contributed by atoms with E-state index in [1.807, 2.05) is 0 Å². The third-order valence-corrected chi connectivity index (χ3v) is 4.30. The topological polar surface area (TPSA) is 30.5 Å². The minimum absolute atomic E-state index is 0.0322. The van der Waals surface area contributed by atoms with Crippen molar-refractivity contribution in [3.63, 3.8) is 0 Å². The second-order valence-corrected chi connectivity index (χ2v) is 6.44. The highest BCUT2D eigenvalue weighted by atomic mass is 19.4. The number of alkyl halides is 6. The first-order valence-electron chi connectivity index (χ1n) is 8.46. The average Bonchev–Trinajstić information content (AvgIpc) is 2.57. The fourth-order valence-electron chi connectivity index (χ4n) is 2.63. The van der Waals surface area contributed by atoms with Crippen LogP contribution in [0.4, 0.5) is 26.3 Å². The van der Waals surface area contributed by atoms with Crippen LogP contribution in [0.1, 0.15) is 29.7 Å². The van der Waals surface area contributed by atoms with Gasteiger partial charge in [0.2, 0.25) is 0 Å². The average molecular weight is 405 g/mol. The molecule has 0 spiro atoms. The fourth-order valence-corrected chi connectivity index (χ4v) is 2.63. The van der Waals surface area contributed by atoms with E-state index in [0.717, 1.165) is 30.3 Å². The van der Waals surface area contributed by atoms with Gasteiger partial charge in [-0.15, -0.1) is 0 Å². The zero-order valence-corrected chi connectivity index (χ0v) is 14.7. The molecule has 1 N–H and O–H groups in total. The molecule has 1 aliphatic heterocycles. The van der Waals surface area contributed by atoms with Crippen LogP contribution in [0.3, 0.4) is 0 Å². The standard InChI is InChI=1S/C19H17F6NO2/c1-11(12-3-2-4-13(7-12)18(20,21)22)27-16-6-5-14(19(23,24)25)8-17(16)28-15-9-26-10-15/h2-8,11,15,26H,9-10H2,1H3. The highest BCUT2D eigenvalue weighted by Crippen LogP contribution is 2.39. The van der Waals surface area contributed by atoms with Crippen LogP contribution in [-0.4, -0.2) is 19.2 Å². The van der Waals surface area contributed by atoms with Gasteiger partial charge in [0.1, 0.15) is 12.2 Å². The Bertz CT molecular complexity index is 830. The number of nitrogens with one attached hydrogen (secondary N) is 1. The second-order valence-electron chi connectivity index (χ2n) is 6.44. The van der Waals surface area contributed by atoms with Crippen LogP contribution in [0.15, 0.2) is 42.5 Å². The zero-order valence-electron chi connectivity index (χ0n) is 14.7. The van der Waals surface area contributed by atoms with E-state index < -0.39 is 29.6 Å². The summed E-state index contributed by atoms with van der Waals surface area (Å²) in [5, 5.41) is 2.94. The van der Waals surface area contributed by atoms with Gasteiger partial charge in [-0.1, -0.05) is 12.1 Å². The summed E-state index contributed by atoms with van der Waals surface area (Å²) in [5.74, 6) is -0.0648. The van der Waals surface area contributed by atoms with Crippen molar-refractivity contribution >= 4 is 0 Å². The summed E-state index contributed by atoms with van der Waals surface area (Å²) in [5.41, 5.74) is -1.48. The van der Waals surface area contributed by atoms with Gasteiger partial charge in [-0.3, -0.25) is 0 Å². The Kier molecular flexibility index (Phi) is 5.47. The van der Waals surface area contributed by atoms with Crippen LogP contribution >= 0.6 is 0 Å². The van der Waals surface area contributed by atoms with E-state index >= 15 is 0 Å². The van der Waals surface area contributed by atoms with Crippen molar-refractivity contribution in [1.82, 2.24) is 5.32 Å². The predicted octanol–water partition coefficient (Wildman–Crippen LogP) is 5.21. The molecule has 0 saturated carbocycles. The van der Waals surface area contributed by atoms with Crippen molar-refractivity contribution < 1.29 is 35.8 Å². The maximum absolute atomic E-state index is 13.0. The van der Waals surface area contributed by atoms with Crippen LogP contribution in [0, 0.1) is 0 Å². The molecule has 3 nitrogen and oxygen atoms in total. The summed E-state index contributed by atoms with van der Waals surface area (Å²) in [6.45, 7) is 2.49. The Labute approximate surface area is 157 Å². The van der Waals surface area contributed by atoms with Gasteiger partial charge in [-0.05, 0) is 42.8 Å². The SMILES string of the molecule is CC(Oc1ccc(C(F)(F)F)cc1OC1CNC1)c1cccc(C(F)(F)F)c1. The molecule has 152 valence electrons. The minimum atomic E-state index is -4.55. The second kappa shape index (κ2) is 7.54. The van der Waals surface area contributed by atoms with Crippen molar-refractivity contribution in [1.29, 1.82) is 0 Å². The van der Waals surface area contributed by atoms with Crippen LogP contribution in [0.25, 0.3) is 0 Å². The first-order chi connectivity index (χ1) is 13.0. The number of hydrogen-bond acceptors (Lipinski definition) is 3. The van der Waals surface area contributed by atoms with E-state index in [0.29, 0.717) is 13.1 Å². The molecule has 0 aromatic heterocycles. The minimum Gasteiger partial charge on any atom is -0.484 e. The Morgan fingerprint density at radius 2 is 1.54 bits per heavy atom. The first kappa shape index (κ1) is 20.3. The number of halogens is 6. The van der Waals surface area contributed by atoms with E-state index in [1.165, 1.54) is 19.1 Å². The smallest absolute Gasteiger partial charge is 0.416 e. The molecule has 1 heterocycles. The van der Waals surface area contributed by atoms with Gasteiger partial charge in [-0.25, -0.2) is 0 Å². The lowest BCUT2D eigenvalue weighted by atomic mass is 10.1. The molecule has 1 saturated heterocycles. The maximum atomic E-state index is 13.0. The third kappa shape index (κ3) is 4.70. The van der Waals surface area contributed by atoms with Gasteiger partial charge in [0.15, 0.2) is 11.5 Å². The lowest BCUT2D eigenvalue weighted by Crippen LogP contribution is -2.50. The Morgan fingerprint density at radius 3 is 2.11 bits per heavy atom. The Morgan fingerprint density at radius 1 is 0.893 bits per heavy atom. The Balaban J connectivity index is 1.86. The van der Waals surface area contributed by atoms with Crippen LogP contribution in [-0.2, 0) is 12.4 Å². The largest absolute Gasteiger partial charge is 0.484 e. The highest BCUT2D eigenvalue weighted by Gasteiger charge is 2.33. The van der Waals surface area contributed by atoms with E-state index in [9.17, 15) is 26.3 Å². The molecule has 9 heteroatoms. The zero-order chi connectivity index (χ0) is 20.5. The van der Waals surface area contributed by atoms with E-state index in [4.69, 9.17) is 9.47 Å². The number of hydrogen-bond donors (Lipinski definition) is 1. The van der Waals surface area contributed by atoms with Gasteiger partial charge in [0.05, 0.1) is 11.1 Å². The van der Waals surface area contributed by atoms with Crippen molar-refractivity contribution in [3.8, 4) is 11.5 Å². The molecule has 2 aromatic rings. The van der Waals surface area contributed by atoms with Gasteiger partial charge in [0.25, 0.3) is 0 Å². The molecule has 0 amide bonds. The first-order valence-corrected chi connectivity index (χ1v) is 8.46. The van der Waals surface area contributed by atoms with Crippen LogP contribution in [0.2, 0.25) is 0 Å². The summed E-state index contributed by atoms with van der Waals surface area (Å²) in [6.07, 6.45) is -10.2. The summed E-state index contributed by atoms with van der Waals surface area (Å²) in [7, 11) is 0. The molecule has 2 aromatic carbocycles. The van der Waals surface area contributed by atoms with Crippen molar-refractivity contribution in [2.75, 3.05) is 13.1 Å². The molecule has 1 atom stereocenters. The lowest BCUT2D eigenvalue weighted by molar-refractivity contribution is -0.138. The summed E-state index contributed by atoms with van der Waals surface area (Å²) in [4.78, 5) is 0. The van der Waals surface area contributed by atoms with Gasteiger partial charge in [0, 0.05) is 13.1 Å². The van der Waals surface area contributed by atoms with Gasteiger partial charge < -0.3 is 14.8 Å². The molecule has 0 aliphatic carbocycles. The predicted molar refractivity (Wildman–Crippen MR) is 89.2 cm³/mol. The number of benzene rings is 2. The summed E-state index contributed by atoms with van der Waals surface area (Å²) in [6, 6.07) is 7.40. The lowest BCUT2D eigenvalue weighted by Gasteiger charge is -2.29. The van der Waals surface area contributed by atoms with Gasteiger partial charge >= 0.3 is 12.4 Å². The van der Waals surface area contributed by atoms with Gasteiger partial charge in [-0.2, -0.15) is 26.3 Å². The third-order valence-electron chi connectivity index (χ3n) is 4.30. The van der Waals surface area contributed by atoms with E-state index in [2.05, 4.69) is 5.32 Å². The Hall–Kier alpha value is -2.42. The van der Waals surface area contributed by atoms with E-state index in [-0.39, 0.29) is 23.2 Å². The highest BCUT2D eigenvalue weighted by molar-refractivity contribution is 5.44. The van der Waals surface area contributed by atoms with Crippen LogP contribution < -0.4 is 14.8 Å².